The molecule has 0 amide bonds. The van der Waals surface area contributed by atoms with E-state index in [1.807, 2.05) is 0 Å². The first-order chi connectivity index (χ1) is 11.7. The van der Waals surface area contributed by atoms with Crippen LogP contribution in [0.3, 0.4) is 0 Å². The number of anilines is 1. The van der Waals surface area contributed by atoms with Crippen LogP contribution < -0.4 is 9.46 Å². The van der Waals surface area contributed by atoms with Gasteiger partial charge >= 0.3 is 5.97 Å². The first-order valence-electron chi connectivity index (χ1n) is 6.70. The third-order valence-corrected chi connectivity index (χ3v) is 4.54. The molecule has 0 unspecified atom stereocenters. The van der Waals surface area contributed by atoms with E-state index in [-0.39, 0.29) is 11.3 Å². The molecule has 2 aromatic carbocycles. The highest BCUT2D eigenvalue weighted by molar-refractivity contribution is 7.92. The van der Waals surface area contributed by atoms with Crippen LogP contribution in [0.5, 0.6) is 5.75 Å². The predicted molar refractivity (Wildman–Crippen MR) is 81.5 cm³/mol. The first kappa shape index (κ1) is 18.6. The maximum absolute atomic E-state index is 13.7. The smallest absolute Gasteiger partial charge is 0.307 e. The summed E-state index contributed by atoms with van der Waals surface area (Å²) in [5.74, 6) is -6.32. The van der Waals surface area contributed by atoms with Crippen LogP contribution in [0.15, 0.2) is 35.2 Å². The van der Waals surface area contributed by atoms with Crippen molar-refractivity contribution in [3.05, 3.63) is 53.3 Å². The minimum Gasteiger partial charge on any atom is -0.495 e. The number of hydrogen-bond donors (Lipinski definition) is 2. The number of hydrogen-bond acceptors (Lipinski definition) is 4. The highest BCUT2D eigenvalue weighted by atomic mass is 32.2. The molecule has 25 heavy (non-hydrogen) atoms. The predicted octanol–water partition coefficient (Wildman–Crippen LogP) is 2.54. The number of sulfonamides is 1. The summed E-state index contributed by atoms with van der Waals surface area (Å²) in [6.07, 6.45) is -0.452. The van der Waals surface area contributed by atoms with Crippen LogP contribution in [-0.2, 0) is 21.2 Å². The molecule has 0 aliphatic rings. The molecule has 0 radical (unpaired) electrons. The monoisotopic (exact) mass is 375 g/mol. The SMILES string of the molecule is COc1ccc(CC(=O)O)cc1S(=O)(=O)Nc1ccc(F)c(F)c1F. The summed E-state index contributed by atoms with van der Waals surface area (Å²) in [5.41, 5.74) is -0.649. The van der Waals surface area contributed by atoms with Crippen LogP contribution in [0.2, 0.25) is 0 Å². The van der Waals surface area contributed by atoms with Crippen molar-refractivity contribution in [2.45, 2.75) is 11.3 Å². The van der Waals surface area contributed by atoms with Crippen molar-refractivity contribution < 1.29 is 36.2 Å². The zero-order valence-corrected chi connectivity index (χ0v) is 13.5. The van der Waals surface area contributed by atoms with Crippen molar-refractivity contribution in [1.82, 2.24) is 0 Å². The van der Waals surface area contributed by atoms with Gasteiger partial charge in [0.1, 0.15) is 10.6 Å². The molecule has 0 atom stereocenters. The van der Waals surface area contributed by atoms with Gasteiger partial charge < -0.3 is 9.84 Å². The average molecular weight is 375 g/mol. The van der Waals surface area contributed by atoms with E-state index in [4.69, 9.17) is 9.84 Å². The normalized spacial score (nSPS) is 11.2. The van der Waals surface area contributed by atoms with E-state index < -0.39 is 50.4 Å². The highest BCUT2D eigenvalue weighted by Gasteiger charge is 2.24. The Morgan fingerprint density at radius 1 is 1.16 bits per heavy atom. The van der Waals surface area contributed by atoms with Gasteiger partial charge in [0.2, 0.25) is 0 Å². The first-order valence-corrected chi connectivity index (χ1v) is 8.19. The van der Waals surface area contributed by atoms with Crippen molar-refractivity contribution >= 4 is 21.7 Å². The molecule has 0 bridgehead atoms. The van der Waals surface area contributed by atoms with E-state index in [0.29, 0.717) is 6.07 Å². The Balaban J connectivity index is 2.48. The Labute approximate surface area is 140 Å². The number of ether oxygens (including phenoxy) is 1. The number of benzene rings is 2. The lowest BCUT2D eigenvalue weighted by atomic mass is 10.1. The van der Waals surface area contributed by atoms with Gasteiger partial charge in [-0.15, -0.1) is 0 Å². The summed E-state index contributed by atoms with van der Waals surface area (Å²) < 4.78 is 71.5. The minimum atomic E-state index is -4.46. The fourth-order valence-corrected chi connectivity index (χ4v) is 3.30. The molecule has 0 saturated carbocycles. The fourth-order valence-electron chi connectivity index (χ4n) is 2.02. The Morgan fingerprint density at radius 2 is 1.84 bits per heavy atom. The summed E-state index contributed by atoms with van der Waals surface area (Å²) in [7, 11) is -3.28. The van der Waals surface area contributed by atoms with Gasteiger partial charge in [-0.3, -0.25) is 9.52 Å². The lowest BCUT2D eigenvalue weighted by Gasteiger charge is -2.13. The molecule has 10 heteroatoms. The fraction of sp³-hybridized carbons (Fsp3) is 0.133. The Morgan fingerprint density at radius 3 is 2.44 bits per heavy atom. The Hall–Kier alpha value is -2.75. The van der Waals surface area contributed by atoms with Crippen LogP contribution >= 0.6 is 0 Å². The highest BCUT2D eigenvalue weighted by Crippen LogP contribution is 2.29. The van der Waals surface area contributed by atoms with Crippen molar-refractivity contribution in [2.24, 2.45) is 0 Å². The van der Waals surface area contributed by atoms with Crippen molar-refractivity contribution in [2.75, 3.05) is 11.8 Å². The molecule has 6 nitrogen and oxygen atoms in total. The molecule has 0 fully saturated rings. The summed E-state index contributed by atoms with van der Waals surface area (Å²) in [4.78, 5) is 10.3. The number of carboxylic acids is 1. The number of nitrogens with one attached hydrogen (secondary N) is 1. The molecule has 2 rings (SSSR count). The minimum absolute atomic E-state index is 0.135. The number of halogens is 3. The molecule has 2 aromatic rings. The topological polar surface area (TPSA) is 92.7 Å². The molecule has 0 aliphatic heterocycles. The maximum atomic E-state index is 13.7. The molecular weight excluding hydrogens is 363 g/mol. The van der Waals surface area contributed by atoms with E-state index in [1.54, 1.807) is 4.72 Å². The van der Waals surface area contributed by atoms with Gasteiger partial charge in [0.15, 0.2) is 17.5 Å². The zero-order chi connectivity index (χ0) is 18.8. The molecule has 0 saturated heterocycles. The zero-order valence-electron chi connectivity index (χ0n) is 12.7. The molecular formula is C15H12F3NO5S. The second kappa shape index (κ2) is 7.01. The van der Waals surface area contributed by atoms with Gasteiger partial charge in [-0.2, -0.15) is 0 Å². The van der Waals surface area contributed by atoms with Crippen molar-refractivity contribution in [3.63, 3.8) is 0 Å². The van der Waals surface area contributed by atoms with E-state index in [9.17, 15) is 26.4 Å². The molecule has 0 spiro atoms. The second-order valence-electron chi connectivity index (χ2n) is 4.88. The van der Waals surface area contributed by atoms with Crippen LogP contribution in [0, 0.1) is 17.5 Å². The van der Waals surface area contributed by atoms with Crippen molar-refractivity contribution in [3.8, 4) is 5.75 Å². The van der Waals surface area contributed by atoms with Crippen LogP contribution in [0.4, 0.5) is 18.9 Å². The van der Waals surface area contributed by atoms with Gasteiger partial charge in [-0.25, -0.2) is 21.6 Å². The van der Waals surface area contributed by atoms with Crippen LogP contribution in [0.1, 0.15) is 5.56 Å². The average Bonchev–Trinajstić information content (AvgIpc) is 2.55. The largest absolute Gasteiger partial charge is 0.495 e. The number of methoxy groups -OCH3 is 1. The number of aliphatic carboxylic acids is 1. The lowest BCUT2D eigenvalue weighted by molar-refractivity contribution is -0.136. The molecule has 134 valence electrons. The van der Waals surface area contributed by atoms with Crippen LogP contribution in [0.25, 0.3) is 0 Å². The summed E-state index contributed by atoms with van der Waals surface area (Å²) in [6, 6.07) is 4.90. The number of carbonyl (C=O) groups is 1. The van der Waals surface area contributed by atoms with Gasteiger partial charge in [0.05, 0.1) is 19.2 Å². The van der Waals surface area contributed by atoms with Gasteiger partial charge in [0, 0.05) is 0 Å². The Kier molecular flexibility index (Phi) is 5.21. The molecule has 2 N–H and O–H groups in total. The standard InChI is InChI=1S/C15H12F3NO5S/c1-24-11-5-2-8(7-13(20)21)6-12(11)25(22,23)19-10-4-3-9(16)14(17)15(10)18/h2-6,19H,7H2,1H3,(H,20,21). The Bertz CT molecular complexity index is 931. The van der Waals surface area contributed by atoms with E-state index >= 15 is 0 Å². The molecule has 0 heterocycles. The van der Waals surface area contributed by atoms with E-state index in [2.05, 4.69) is 0 Å². The molecule has 0 aliphatic carbocycles. The molecule has 0 aromatic heterocycles. The van der Waals surface area contributed by atoms with E-state index in [0.717, 1.165) is 12.1 Å². The van der Waals surface area contributed by atoms with Gasteiger partial charge in [-0.1, -0.05) is 6.07 Å². The summed E-state index contributed by atoms with van der Waals surface area (Å²) in [5, 5.41) is 8.79. The lowest BCUT2D eigenvalue weighted by Crippen LogP contribution is -2.16. The summed E-state index contributed by atoms with van der Waals surface area (Å²) >= 11 is 0. The third-order valence-electron chi connectivity index (χ3n) is 3.15. The third kappa shape index (κ3) is 4.02. The number of rotatable bonds is 6. The van der Waals surface area contributed by atoms with Crippen LogP contribution in [-0.4, -0.2) is 26.6 Å². The van der Waals surface area contributed by atoms with E-state index in [1.165, 1.54) is 19.2 Å². The summed E-state index contributed by atoms with van der Waals surface area (Å²) in [6.45, 7) is 0. The van der Waals surface area contributed by atoms with Crippen molar-refractivity contribution in [1.29, 1.82) is 0 Å². The maximum Gasteiger partial charge on any atom is 0.307 e. The quantitative estimate of drug-likeness (QED) is 0.757. The van der Waals surface area contributed by atoms with Gasteiger partial charge in [-0.05, 0) is 29.8 Å². The second-order valence-corrected chi connectivity index (χ2v) is 6.53. The van der Waals surface area contributed by atoms with Gasteiger partial charge in [0.25, 0.3) is 10.0 Å². The number of carboxylic acid groups (broad SMARTS) is 1.